The van der Waals surface area contributed by atoms with Gasteiger partial charge in [-0.25, -0.2) is 4.98 Å². The van der Waals surface area contributed by atoms with Crippen molar-refractivity contribution >= 4 is 23.1 Å². The first-order valence-corrected chi connectivity index (χ1v) is 9.67. The smallest absolute Gasteiger partial charge is 0.255 e. The van der Waals surface area contributed by atoms with Crippen molar-refractivity contribution in [3.05, 3.63) is 89.9 Å². The number of rotatable bonds is 5. The van der Waals surface area contributed by atoms with Gasteiger partial charge in [-0.3, -0.25) is 9.48 Å². The van der Waals surface area contributed by atoms with Gasteiger partial charge in [0.05, 0.1) is 23.5 Å². The van der Waals surface area contributed by atoms with E-state index in [1.54, 1.807) is 41.3 Å². The monoisotopic (exact) mass is 408 g/mol. The van der Waals surface area contributed by atoms with Crippen LogP contribution in [0.2, 0.25) is 0 Å². The van der Waals surface area contributed by atoms with Crippen LogP contribution in [0.25, 0.3) is 11.1 Å². The molecule has 7 heteroatoms. The van der Waals surface area contributed by atoms with Crippen molar-refractivity contribution in [2.45, 2.75) is 6.92 Å². The van der Waals surface area contributed by atoms with Gasteiger partial charge in [-0.05, 0) is 42.8 Å². The molecule has 0 bridgehead atoms. The van der Waals surface area contributed by atoms with Crippen molar-refractivity contribution in [2.75, 3.05) is 10.6 Å². The SMILES string of the molecule is Cc1ccccc1Nc1ncc(-c2cnn(C)c2)cc1NC(=O)c1cccc(C#N)c1. The Morgan fingerprint density at radius 1 is 1.03 bits per heavy atom. The number of nitriles is 1. The maximum atomic E-state index is 12.9. The third-order valence-electron chi connectivity index (χ3n) is 4.83. The van der Waals surface area contributed by atoms with E-state index < -0.39 is 0 Å². The van der Waals surface area contributed by atoms with Gasteiger partial charge in [0.15, 0.2) is 5.82 Å². The van der Waals surface area contributed by atoms with E-state index >= 15 is 0 Å². The Morgan fingerprint density at radius 3 is 2.61 bits per heavy atom. The lowest BCUT2D eigenvalue weighted by atomic mass is 10.1. The average molecular weight is 408 g/mol. The zero-order valence-electron chi connectivity index (χ0n) is 17.1. The molecule has 0 spiro atoms. The molecule has 0 aliphatic rings. The van der Waals surface area contributed by atoms with Gasteiger partial charge < -0.3 is 10.6 Å². The topological polar surface area (TPSA) is 95.6 Å². The van der Waals surface area contributed by atoms with Crippen molar-refractivity contribution in [1.82, 2.24) is 14.8 Å². The number of nitrogens with zero attached hydrogens (tertiary/aromatic N) is 4. The summed E-state index contributed by atoms with van der Waals surface area (Å²) in [6.07, 6.45) is 5.37. The van der Waals surface area contributed by atoms with E-state index in [0.717, 1.165) is 22.4 Å². The third kappa shape index (κ3) is 4.43. The molecule has 2 heterocycles. The van der Waals surface area contributed by atoms with Crippen molar-refractivity contribution < 1.29 is 4.79 Å². The molecule has 0 aliphatic carbocycles. The number of amides is 1. The molecule has 31 heavy (non-hydrogen) atoms. The fourth-order valence-corrected chi connectivity index (χ4v) is 3.15. The van der Waals surface area contributed by atoms with E-state index in [0.29, 0.717) is 22.6 Å². The summed E-state index contributed by atoms with van der Waals surface area (Å²) in [6.45, 7) is 2.00. The fourth-order valence-electron chi connectivity index (χ4n) is 3.15. The Labute approximate surface area is 180 Å². The Balaban J connectivity index is 1.72. The highest BCUT2D eigenvalue weighted by Crippen LogP contribution is 2.30. The zero-order valence-corrected chi connectivity index (χ0v) is 17.1. The molecule has 2 N–H and O–H groups in total. The summed E-state index contributed by atoms with van der Waals surface area (Å²) >= 11 is 0. The highest BCUT2D eigenvalue weighted by atomic mass is 16.1. The number of pyridine rings is 1. The standard InChI is InChI=1S/C24H20N6O/c1-16-6-3-4-9-21(16)28-23-22(11-19(13-26-23)20-14-27-30(2)15-20)29-24(31)18-8-5-7-17(10-18)12-25/h3-11,13-15H,1-2H3,(H,26,28)(H,29,31). The minimum absolute atomic E-state index is 0.324. The summed E-state index contributed by atoms with van der Waals surface area (Å²) < 4.78 is 1.71. The van der Waals surface area contributed by atoms with Gasteiger partial charge in [0.2, 0.25) is 0 Å². The summed E-state index contributed by atoms with van der Waals surface area (Å²) in [7, 11) is 1.84. The van der Waals surface area contributed by atoms with E-state index in [1.165, 1.54) is 0 Å². The quantitative estimate of drug-likeness (QED) is 0.501. The normalized spacial score (nSPS) is 10.4. The van der Waals surface area contributed by atoms with Gasteiger partial charge in [-0.2, -0.15) is 10.4 Å². The van der Waals surface area contributed by atoms with Crippen LogP contribution < -0.4 is 10.6 Å². The van der Waals surface area contributed by atoms with E-state index in [-0.39, 0.29) is 5.91 Å². The van der Waals surface area contributed by atoms with E-state index in [4.69, 9.17) is 5.26 Å². The lowest BCUT2D eigenvalue weighted by molar-refractivity contribution is 0.102. The summed E-state index contributed by atoms with van der Waals surface area (Å²) in [4.78, 5) is 17.5. The van der Waals surface area contributed by atoms with Crippen LogP contribution in [0.4, 0.5) is 17.2 Å². The second-order valence-electron chi connectivity index (χ2n) is 7.11. The number of carbonyl (C=O) groups is 1. The van der Waals surface area contributed by atoms with E-state index in [2.05, 4.69) is 26.8 Å². The molecule has 0 saturated heterocycles. The molecule has 4 rings (SSSR count). The number of hydrogen-bond acceptors (Lipinski definition) is 5. The number of carbonyl (C=O) groups excluding carboxylic acids is 1. The lowest BCUT2D eigenvalue weighted by Gasteiger charge is -2.15. The Morgan fingerprint density at radius 2 is 1.87 bits per heavy atom. The van der Waals surface area contributed by atoms with Crippen molar-refractivity contribution in [1.29, 1.82) is 5.26 Å². The molecule has 7 nitrogen and oxygen atoms in total. The molecule has 0 unspecified atom stereocenters. The molecule has 152 valence electrons. The maximum Gasteiger partial charge on any atom is 0.255 e. The second kappa shape index (κ2) is 8.51. The number of para-hydroxylation sites is 1. The highest BCUT2D eigenvalue weighted by Gasteiger charge is 2.14. The summed E-state index contributed by atoms with van der Waals surface area (Å²) in [5.74, 6) is 0.196. The van der Waals surface area contributed by atoms with Crippen LogP contribution in [0.15, 0.2) is 73.2 Å². The van der Waals surface area contributed by atoms with Crippen LogP contribution in [0.1, 0.15) is 21.5 Å². The van der Waals surface area contributed by atoms with Gasteiger partial charge in [-0.15, -0.1) is 0 Å². The molecule has 0 saturated carbocycles. The zero-order chi connectivity index (χ0) is 21.8. The number of hydrogen-bond donors (Lipinski definition) is 2. The van der Waals surface area contributed by atoms with Crippen LogP contribution in [0.3, 0.4) is 0 Å². The molecule has 4 aromatic rings. The largest absolute Gasteiger partial charge is 0.338 e. The summed E-state index contributed by atoms with van der Waals surface area (Å²) in [5, 5.41) is 19.6. The molecule has 2 aromatic heterocycles. The summed E-state index contributed by atoms with van der Waals surface area (Å²) in [6, 6.07) is 18.3. The van der Waals surface area contributed by atoms with Crippen molar-refractivity contribution in [3.8, 4) is 17.2 Å². The molecule has 0 fully saturated rings. The van der Waals surface area contributed by atoms with Gasteiger partial charge in [-0.1, -0.05) is 24.3 Å². The third-order valence-corrected chi connectivity index (χ3v) is 4.83. The van der Waals surface area contributed by atoms with Gasteiger partial charge in [0.1, 0.15) is 0 Å². The number of aryl methyl sites for hydroxylation is 2. The summed E-state index contributed by atoms with van der Waals surface area (Å²) in [5.41, 5.74) is 5.01. The molecule has 2 aromatic carbocycles. The fraction of sp³-hybridized carbons (Fsp3) is 0.0833. The van der Waals surface area contributed by atoms with E-state index in [9.17, 15) is 4.79 Å². The highest BCUT2D eigenvalue weighted by molar-refractivity contribution is 6.06. The van der Waals surface area contributed by atoms with Gasteiger partial charge in [0, 0.05) is 41.8 Å². The number of aromatic nitrogens is 3. The molecular formula is C24H20N6O. The van der Waals surface area contributed by atoms with E-state index in [1.807, 2.05) is 50.5 Å². The molecule has 0 aliphatic heterocycles. The minimum Gasteiger partial charge on any atom is -0.338 e. The maximum absolute atomic E-state index is 12.9. The Kier molecular flexibility index (Phi) is 5.45. The Hall–Kier alpha value is -4.44. The van der Waals surface area contributed by atoms with Crippen LogP contribution in [-0.4, -0.2) is 20.7 Å². The van der Waals surface area contributed by atoms with Gasteiger partial charge in [0.25, 0.3) is 5.91 Å². The average Bonchev–Trinajstić information content (AvgIpc) is 3.22. The minimum atomic E-state index is -0.324. The first kappa shape index (κ1) is 19.9. The predicted octanol–water partition coefficient (Wildman–Crippen LogP) is 4.66. The van der Waals surface area contributed by atoms with Crippen molar-refractivity contribution in [2.24, 2.45) is 7.05 Å². The van der Waals surface area contributed by atoms with Gasteiger partial charge >= 0.3 is 0 Å². The Bertz CT molecular complexity index is 1300. The van der Waals surface area contributed by atoms with Crippen molar-refractivity contribution in [3.63, 3.8) is 0 Å². The van der Waals surface area contributed by atoms with Crippen LogP contribution in [0.5, 0.6) is 0 Å². The van der Waals surface area contributed by atoms with Crippen LogP contribution >= 0.6 is 0 Å². The number of benzene rings is 2. The molecule has 0 radical (unpaired) electrons. The predicted molar refractivity (Wildman–Crippen MR) is 120 cm³/mol. The number of anilines is 3. The van der Waals surface area contributed by atoms with Crippen LogP contribution in [-0.2, 0) is 7.05 Å². The first-order valence-electron chi connectivity index (χ1n) is 9.67. The second-order valence-corrected chi connectivity index (χ2v) is 7.11. The molecular weight excluding hydrogens is 388 g/mol. The number of nitrogens with one attached hydrogen (secondary N) is 2. The lowest BCUT2D eigenvalue weighted by Crippen LogP contribution is -2.14. The van der Waals surface area contributed by atoms with Crippen LogP contribution in [0, 0.1) is 18.3 Å². The first-order chi connectivity index (χ1) is 15.0. The molecule has 0 atom stereocenters. The molecule has 1 amide bonds.